The van der Waals surface area contributed by atoms with E-state index in [1.807, 2.05) is 34.6 Å². The first-order valence-electron chi connectivity index (χ1n) is 8.31. The SMILES string of the molecule is Cc1nnsc1CNC(=O)C1(C)CCc2c(C)c(O)c(C)c(C)c2O1. The van der Waals surface area contributed by atoms with Crippen LogP contribution in [0.1, 0.15) is 46.2 Å². The average molecular weight is 361 g/mol. The summed E-state index contributed by atoms with van der Waals surface area (Å²) < 4.78 is 10.1. The van der Waals surface area contributed by atoms with Gasteiger partial charge in [0.2, 0.25) is 0 Å². The van der Waals surface area contributed by atoms with Crippen LogP contribution in [0.2, 0.25) is 0 Å². The van der Waals surface area contributed by atoms with E-state index in [0.717, 1.165) is 38.6 Å². The van der Waals surface area contributed by atoms with Gasteiger partial charge >= 0.3 is 0 Å². The summed E-state index contributed by atoms with van der Waals surface area (Å²) >= 11 is 1.29. The summed E-state index contributed by atoms with van der Waals surface area (Å²) in [5.74, 6) is 0.905. The number of phenolic OH excluding ortho intramolecular Hbond substituents is 1. The molecule has 1 aliphatic heterocycles. The van der Waals surface area contributed by atoms with Crippen molar-refractivity contribution < 1.29 is 14.6 Å². The molecule has 1 aromatic heterocycles. The minimum absolute atomic E-state index is 0.145. The van der Waals surface area contributed by atoms with E-state index in [9.17, 15) is 9.90 Å². The first-order valence-corrected chi connectivity index (χ1v) is 9.08. The number of carbonyl (C=O) groups is 1. The third kappa shape index (κ3) is 2.97. The average Bonchev–Trinajstić information content (AvgIpc) is 3.00. The molecule has 6 nitrogen and oxygen atoms in total. The molecule has 134 valence electrons. The predicted octanol–water partition coefficient (Wildman–Crippen LogP) is 2.88. The number of ether oxygens (including phenoxy) is 1. The minimum Gasteiger partial charge on any atom is -0.507 e. The number of hydrogen-bond acceptors (Lipinski definition) is 6. The smallest absolute Gasteiger partial charge is 0.264 e. The monoisotopic (exact) mass is 361 g/mol. The summed E-state index contributed by atoms with van der Waals surface area (Å²) in [4.78, 5) is 13.7. The molecule has 1 atom stereocenters. The van der Waals surface area contributed by atoms with Crippen molar-refractivity contribution >= 4 is 17.4 Å². The van der Waals surface area contributed by atoms with Crippen molar-refractivity contribution in [1.82, 2.24) is 14.9 Å². The van der Waals surface area contributed by atoms with Crippen molar-refractivity contribution in [2.24, 2.45) is 0 Å². The molecule has 7 heteroatoms. The second-order valence-corrected chi connectivity index (χ2v) is 7.67. The number of nitrogens with one attached hydrogen (secondary N) is 1. The highest BCUT2D eigenvalue weighted by Crippen LogP contribution is 2.43. The highest BCUT2D eigenvalue weighted by Gasteiger charge is 2.40. The predicted molar refractivity (Wildman–Crippen MR) is 96.2 cm³/mol. The summed E-state index contributed by atoms with van der Waals surface area (Å²) in [5.41, 5.74) is 3.43. The number of aromatic hydroxyl groups is 1. The lowest BCUT2D eigenvalue weighted by Gasteiger charge is -2.36. The van der Waals surface area contributed by atoms with Gasteiger partial charge < -0.3 is 15.2 Å². The number of benzene rings is 1. The summed E-state index contributed by atoms with van der Waals surface area (Å²) in [6.07, 6.45) is 1.26. The van der Waals surface area contributed by atoms with Crippen molar-refractivity contribution in [3.63, 3.8) is 0 Å². The summed E-state index contributed by atoms with van der Waals surface area (Å²) in [5, 5.41) is 17.2. The molecule has 1 aromatic carbocycles. The molecule has 1 amide bonds. The Hall–Kier alpha value is -2.15. The maximum absolute atomic E-state index is 12.8. The van der Waals surface area contributed by atoms with Crippen LogP contribution in [0.3, 0.4) is 0 Å². The third-order valence-electron chi connectivity index (χ3n) is 5.15. The number of aryl methyl sites for hydroxylation is 1. The van der Waals surface area contributed by atoms with Gasteiger partial charge in [0.15, 0.2) is 5.60 Å². The standard InChI is InChI=1S/C18H23N3O3S/c1-9-10(2)16-13(11(3)15(9)22)6-7-18(5,24-16)17(23)19-8-14-12(4)20-21-25-14/h22H,6-8H2,1-5H3,(H,19,23). The highest BCUT2D eigenvalue weighted by molar-refractivity contribution is 7.05. The molecule has 0 bridgehead atoms. The first kappa shape index (κ1) is 17.7. The Bertz CT molecular complexity index is 847. The van der Waals surface area contributed by atoms with Crippen LogP contribution < -0.4 is 10.1 Å². The lowest BCUT2D eigenvalue weighted by atomic mass is 9.86. The molecule has 0 aliphatic carbocycles. The van der Waals surface area contributed by atoms with Gasteiger partial charge in [-0.25, -0.2) is 0 Å². The molecule has 1 unspecified atom stereocenters. The quantitative estimate of drug-likeness (QED) is 0.878. The van der Waals surface area contributed by atoms with Gasteiger partial charge in [0.05, 0.1) is 17.1 Å². The van der Waals surface area contributed by atoms with Crippen LogP contribution in [0.5, 0.6) is 11.5 Å². The fraction of sp³-hybridized carbons (Fsp3) is 0.500. The van der Waals surface area contributed by atoms with E-state index in [2.05, 4.69) is 14.9 Å². The number of hydrogen-bond donors (Lipinski definition) is 2. The maximum atomic E-state index is 12.8. The van der Waals surface area contributed by atoms with Gasteiger partial charge in [-0.2, -0.15) is 0 Å². The molecule has 3 rings (SSSR count). The van der Waals surface area contributed by atoms with Gasteiger partial charge in [0.25, 0.3) is 5.91 Å². The van der Waals surface area contributed by atoms with Crippen LogP contribution in [0.25, 0.3) is 0 Å². The Kier molecular flexibility index (Phi) is 4.45. The Morgan fingerprint density at radius 1 is 1.28 bits per heavy atom. The zero-order valence-corrected chi connectivity index (χ0v) is 16.0. The highest BCUT2D eigenvalue weighted by atomic mass is 32.1. The topological polar surface area (TPSA) is 84.3 Å². The van der Waals surface area contributed by atoms with Gasteiger partial charge in [0.1, 0.15) is 11.5 Å². The molecule has 2 N–H and O–H groups in total. The molecular weight excluding hydrogens is 338 g/mol. The van der Waals surface area contributed by atoms with Crippen molar-refractivity contribution in [1.29, 1.82) is 0 Å². The van der Waals surface area contributed by atoms with Gasteiger partial charge in [-0.05, 0) is 69.3 Å². The molecule has 2 heterocycles. The zero-order chi connectivity index (χ0) is 18.4. The third-order valence-corrected chi connectivity index (χ3v) is 5.98. The molecule has 0 saturated carbocycles. The van der Waals surface area contributed by atoms with E-state index >= 15 is 0 Å². The maximum Gasteiger partial charge on any atom is 0.264 e. The van der Waals surface area contributed by atoms with Crippen LogP contribution in [0.4, 0.5) is 0 Å². The normalized spacial score (nSPS) is 19.2. The number of amides is 1. The minimum atomic E-state index is -0.931. The van der Waals surface area contributed by atoms with E-state index in [1.54, 1.807) is 0 Å². The largest absolute Gasteiger partial charge is 0.507 e. The Labute approximate surface area is 151 Å². The van der Waals surface area contributed by atoms with Crippen molar-refractivity contribution in [2.75, 3.05) is 0 Å². The van der Waals surface area contributed by atoms with E-state index in [0.29, 0.717) is 25.1 Å². The number of fused-ring (bicyclic) bond motifs is 1. The second kappa shape index (κ2) is 6.29. The molecule has 0 saturated heterocycles. The van der Waals surface area contributed by atoms with E-state index in [4.69, 9.17) is 4.74 Å². The molecular formula is C18H23N3O3S. The van der Waals surface area contributed by atoms with Crippen LogP contribution in [-0.4, -0.2) is 26.2 Å². The van der Waals surface area contributed by atoms with Gasteiger partial charge in [-0.3, -0.25) is 4.79 Å². The molecule has 0 spiro atoms. The number of carbonyl (C=O) groups excluding carboxylic acids is 1. The lowest BCUT2D eigenvalue weighted by molar-refractivity contribution is -0.137. The van der Waals surface area contributed by atoms with Crippen LogP contribution >= 0.6 is 11.5 Å². The summed E-state index contributed by atoms with van der Waals surface area (Å²) in [6.45, 7) is 9.78. The number of nitrogens with zero attached hydrogens (tertiary/aromatic N) is 2. The second-order valence-electron chi connectivity index (χ2n) is 6.83. The molecule has 2 aromatic rings. The molecule has 0 fully saturated rings. The Morgan fingerprint density at radius 2 is 2.00 bits per heavy atom. The van der Waals surface area contributed by atoms with Crippen LogP contribution in [-0.2, 0) is 17.8 Å². The van der Waals surface area contributed by atoms with E-state index in [1.165, 1.54) is 11.5 Å². The van der Waals surface area contributed by atoms with E-state index in [-0.39, 0.29) is 5.91 Å². The fourth-order valence-corrected chi connectivity index (χ4v) is 3.74. The number of rotatable bonds is 3. The van der Waals surface area contributed by atoms with Gasteiger partial charge in [0, 0.05) is 12.0 Å². The van der Waals surface area contributed by atoms with Gasteiger partial charge in [-0.15, -0.1) is 5.10 Å². The Balaban J connectivity index is 1.83. The fourth-order valence-electron chi connectivity index (χ4n) is 3.17. The molecule has 1 aliphatic rings. The van der Waals surface area contributed by atoms with Crippen LogP contribution in [0, 0.1) is 27.7 Å². The van der Waals surface area contributed by atoms with Crippen molar-refractivity contribution in [3.8, 4) is 11.5 Å². The van der Waals surface area contributed by atoms with E-state index < -0.39 is 5.60 Å². The number of aromatic nitrogens is 2. The Morgan fingerprint density at radius 3 is 2.64 bits per heavy atom. The summed E-state index contributed by atoms with van der Waals surface area (Å²) in [6, 6.07) is 0. The molecule has 25 heavy (non-hydrogen) atoms. The number of phenols is 1. The van der Waals surface area contributed by atoms with Crippen molar-refractivity contribution in [2.45, 2.75) is 59.6 Å². The van der Waals surface area contributed by atoms with Gasteiger partial charge in [-0.1, -0.05) is 4.49 Å². The first-order chi connectivity index (χ1) is 11.7. The molecule has 0 radical (unpaired) electrons. The zero-order valence-electron chi connectivity index (χ0n) is 15.2. The lowest BCUT2D eigenvalue weighted by Crippen LogP contribution is -2.50. The van der Waals surface area contributed by atoms with Crippen LogP contribution in [0.15, 0.2) is 0 Å². The summed E-state index contributed by atoms with van der Waals surface area (Å²) in [7, 11) is 0. The van der Waals surface area contributed by atoms with Crippen molar-refractivity contribution in [3.05, 3.63) is 32.8 Å².